The predicted molar refractivity (Wildman–Crippen MR) is 42.8 cm³/mol. The average molecular weight is 188 g/mol. The maximum Gasteiger partial charge on any atom is 0.397 e. The van der Waals surface area contributed by atoms with E-state index in [4.69, 9.17) is 4.55 Å². The summed E-state index contributed by atoms with van der Waals surface area (Å²) < 4.78 is 31.7. The molecule has 0 radical (unpaired) electrons. The maximum atomic E-state index is 9.84. The Labute approximate surface area is 68.0 Å². The van der Waals surface area contributed by atoms with Crippen molar-refractivity contribution in [2.45, 2.75) is 19.8 Å². The Balaban J connectivity index is 0. The van der Waals surface area contributed by atoms with Crippen LogP contribution in [0.5, 0.6) is 0 Å². The maximum absolute atomic E-state index is 9.84. The first-order chi connectivity index (χ1) is 4.06. The van der Waals surface area contributed by atoms with Crippen LogP contribution in [0.4, 0.5) is 0 Å². The molecule has 0 fully saturated rings. The molecule has 0 saturated carbocycles. The highest BCUT2D eigenvalue weighted by Gasteiger charge is 2.00. The molecule has 0 saturated heterocycles. The molecular weight excluding hydrogens is 176 g/mol. The third-order valence-electron chi connectivity index (χ3n) is 0.730. The Bertz CT molecular complexity index is 151. The molecule has 0 atom stereocenters. The van der Waals surface area contributed by atoms with E-state index in [1.807, 2.05) is 6.92 Å². The van der Waals surface area contributed by atoms with Crippen LogP contribution in [-0.2, 0) is 14.6 Å². The van der Waals surface area contributed by atoms with E-state index in [1.54, 1.807) is 0 Å². The summed E-state index contributed by atoms with van der Waals surface area (Å²) in [4.78, 5) is 0. The highest BCUT2D eigenvalue weighted by atomic mass is 32.3. The van der Waals surface area contributed by atoms with Crippen LogP contribution in [0.3, 0.4) is 0 Å². The molecule has 64 valence electrons. The number of unbranched alkanes of at least 4 members (excludes halogenated alkanes) is 1. The van der Waals surface area contributed by atoms with Gasteiger partial charge in [-0.3, -0.25) is 4.55 Å². The van der Waals surface area contributed by atoms with E-state index in [0.717, 1.165) is 6.42 Å². The van der Waals surface area contributed by atoms with Crippen molar-refractivity contribution < 1.29 is 17.2 Å². The molecule has 0 spiro atoms. The lowest BCUT2D eigenvalue weighted by atomic mass is 10.4. The van der Waals surface area contributed by atoms with Gasteiger partial charge in [-0.15, -0.1) is 0 Å². The fourth-order valence-corrected chi connectivity index (χ4v) is 0.637. The zero-order valence-corrected chi connectivity index (χ0v) is 7.52. The van der Waals surface area contributed by atoms with Gasteiger partial charge >= 0.3 is 10.4 Å². The van der Waals surface area contributed by atoms with Crippen molar-refractivity contribution in [3.63, 3.8) is 0 Å². The molecule has 0 amide bonds. The number of hydrogen-bond acceptors (Lipinski definition) is 3. The van der Waals surface area contributed by atoms with Gasteiger partial charge in [0.1, 0.15) is 0 Å². The molecule has 0 aromatic heterocycles. The standard InChI is InChI=1S/C4H10O4S.H2S/c1-2-3-4-8-9(5,6)7;/h2-4H2,1H3,(H,5,6,7);1H2. The lowest BCUT2D eigenvalue weighted by Crippen LogP contribution is -2.04. The highest BCUT2D eigenvalue weighted by molar-refractivity contribution is 7.80. The van der Waals surface area contributed by atoms with Gasteiger partial charge in [-0.1, -0.05) is 13.3 Å². The molecule has 0 aliphatic rings. The second-order valence-electron chi connectivity index (χ2n) is 1.60. The smallest absolute Gasteiger partial charge is 0.264 e. The van der Waals surface area contributed by atoms with E-state index >= 15 is 0 Å². The van der Waals surface area contributed by atoms with Crippen molar-refractivity contribution in [2.24, 2.45) is 0 Å². The molecule has 0 aromatic rings. The first-order valence-electron chi connectivity index (χ1n) is 2.68. The molecule has 0 aromatic carbocycles. The Morgan fingerprint density at radius 3 is 2.30 bits per heavy atom. The Morgan fingerprint density at radius 1 is 1.50 bits per heavy atom. The Kier molecular flexibility index (Phi) is 7.67. The monoisotopic (exact) mass is 188 g/mol. The highest BCUT2D eigenvalue weighted by Crippen LogP contribution is 1.91. The van der Waals surface area contributed by atoms with Crippen LogP contribution in [0.25, 0.3) is 0 Å². The quantitative estimate of drug-likeness (QED) is 0.521. The second kappa shape index (κ2) is 5.96. The van der Waals surface area contributed by atoms with Crippen LogP contribution >= 0.6 is 13.5 Å². The van der Waals surface area contributed by atoms with E-state index in [1.165, 1.54) is 0 Å². The van der Waals surface area contributed by atoms with Crippen molar-refractivity contribution in [3.05, 3.63) is 0 Å². The average Bonchev–Trinajstić information content (AvgIpc) is 1.63. The zero-order valence-electron chi connectivity index (χ0n) is 5.70. The summed E-state index contributed by atoms with van der Waals surface area (Å²) in [5, 5.41) is 0. The van der Waals surface area contributed by atoms with Gasteiger partial charge in [-0.25, -0.2) is 4.18 Å². The van der Waals surface area contributed by atoms with Crippen LogP contribution < -0.4 is 0 Å². The molecule has 6 heteroatoms. The summed E-state index contributed by atoms with van der Waals surface area (Å²) in [6, 6.07) is 0. The summed E-state index contributed by atoms with van der Waals surface area (Å²) in [6.07, 6.45) is 1.48. The van der Waals surface area contributed by atoms with E-state index in [0.29, 0.717) is 6.42 Å². The molecule has 0 aliphatic heterocycles. The van der Waals surface area contributed by atoms with Crippen LogP contribution in [-0.4, -0.2) is 19.6 Å². The van der Waals surface area contributed by atoms with Crippen LogP contribution in [0.2, 0.25) is 0 Å². The third kappa shape index (κ3) is 11.1. The summed E-state index contributed by atoms with van der Waals surface area (Å²) >= 11 is 0. The van der Waals surface area contributed by atoms with Gasteiger partial charge < -0.3 is 0 Å². The summed E-state index contributed by atoms with van der Waals surface area (Å²) in [7, 11) is -4.20. The molecule has 4 nitrogen and oxygen atoms in total. The number of rotatable bonds is 4. The van der Waals surface area contributed by atoms with Gasteiger partial charge in [0.05, 0.1) is 6.61 Å². The van der Waals surface area contributed by atoms with Gasteiger partial charge in [0.25, 0.3) is 0 Å². The molecule has 10 heavy (non-hydrogen) atoms. The molecule has 0 aliphatic carbocycles. The molecular formula is C4H12O4S2. The van der Waals surface area contributed by atoms with E-state index in [9.17, 15) is 8.42 Å². The van der Waals surface area contributed by atoms with Gasteiger partial charge in [0.2, 0.25) is 0 Å². The molecule has 0 heterocycles. The van der Waals surface area contributed by atoms with Crippen molar-refractivity contribution >= 4 is 23.9 Å². The lowest BCUT2D eigenvalue weighted by Gasteiger charge is -1.95. The number of hydrogen-bond donors (Lipinski definition) is 1. The second-order valence-corrected chi connectivity index (χ2v) is 2.69. The van der Waals surface area contributed by atoms with Gasteiger partial charge in [-0.05, 0) is 6.42 Å². The fraction of sp³-hybridized carbons (Fsp3) is 1.00. The topological polar surface area (TPSA) is 63.6 Å². The summed E-state index contributed by atoms with van der Waals surface area (Å²) in [5.74, 6) is 0. The first kappa shape index (κ1) is 12.9. The van der Waals surface area contributed by atoms with Crippen LogP contribution in [0, 0.1) is 0 Å². The van der Waals surface area contributed by atoms with E-state index in [-0.39, 0.29) is 20.1 Å². The lowest BCUT2D eigenvalue weighted by molar-refractivity contribution is 0.264. The van der Waals surface area contributed by atoms with Crippen molar-refractivity contribution in [1.29, 1.82) is 0 Å². The third-order valence-corrected chi connectivity index (χ3v) is 1.19. The molecule has 0 rings (SSSR count). The predicted octanol–water partition coefficient (Wildman–Crippen LogP) is 0.719. The summed E-state index contributed by atoms with van der Waals surface area (Å²) in [5.41, 5.74) is 0. The molecule has 0 unspecified atom stereocenters. The fourth-order valence-electron chi connectivity index (χ4n) is 0.309. The normalized spacial score (nSPS) is 10.6. The molecule has 1 N–H and O–H groups in total. The molecule has 0 bridgehead atoms. The van der Waals surface area contributed by atoms with E-state index in [2.05, 4.69) is 4.18 Å². The zero-order chi connectivity index (χ0) is 7.33. The van der Waals surface area contributed by atoms with Gasteiger partial charge in [0, 0.05) is 0 Å². The Hall–Kier alpha value is 0.220. The summed E-state index contributed by atoms with van der Waals surface area (Å²) in [6.45, 7) is 1.96. The SMILES string of the molecule is CCCCOS(=O)(=O)O.S. The largest absolute Gasteiger partial charge is 0.397 e. The van der Waals surface area contributed by atoms with Crippen LogP contribution in [0.1, 0.15) is 19.8 Å². The Morgan fingerprint density at radius 2 is 2.00 bits per heavy atom. The first-order valence-corrected chi connectivity index (χ1v) is 4.04. The minimum atomic E-state index is -4.20. The minimum Gasteiger partial charge on any atom is -0.264 e. The van der Waals surface area contributed by atoms with E-state index < -0.39 is 10.4 Å². The van der Waals surface area contributed by atoms with Gasteiger partial charge in [0.15, 0.2) is 0 Å². The van der Waals surface area contributed by atoms with Crippen molar-refractivity contribution in [3.8, 4) is 0 Å². The van der Waals surface area contributed by atoms with Crippen molar-refractivity contribution in [2.75, 3.05) is 6.61 Å². The van der Waals surface area contributed by atoms with Crippen LogP contribution in [0.15, 0.2) is 0 Å². The van der Waals surface area contributed by atoms with Crippen molar-refractivity contribution in [1.82, 2.24) is 0 Å². The minimum absolute atomic E-state index is 0. The van der Waals surface area contributed by atoms with Gasteiger partial charge in [-0.2, -0.15) is 21.9 Å².